The first kappa shape index (κ1) is 31.8. The van der Waals surface area contributed by atoms with Gasteiger partial charge in [0.2, 0.25) is 10.0 Å². The molecule has 0 radical (unpaired) electrons. The average Bonchev–Trinajstić information content (AvgIpc) is 3.26. The number of carbonyl (C=O) groups is 2. The molecule has 3 aliphatic heterocycles. The molecule has 0 saturated carbocycles. The second-order valence-corrected chi connectivity index (χ2v) is 13.2. The van der Waals surface area contributed by atoms with Gasteiger partial charge in [0.1, 0.15) is 17.2 Å². The number of nitrogens with one attached hydrogen (secondary N) is 1. The van der Waals surface area contributed by atoms with Crippen LogP contribution < -0.4 is 5.32 Å². The minimum Gasteiger partial charge on any atom is -0.393 e. The summed E-state index contributed by atoms with van der Waals surface area (Å²) in [6, 6.07) is 6.14. The lowest BCUT2D eigenvalue weighted by atomic mass is 9.89. The number of rotatable bonds is 5. The number of aliphatic hydroxyl groups is 1. The quantitative estimate of drug-likeness (QED) is 0.485. The standard InChI is InChI=1S/C30H32F4N4O5S/c1-18-16-20(27(40)37-11-6-21(39)7-12-37)17-19(2)22(18)8-15-44(42,43)38-13-9-29(10-14-38)28(41)35-26(36-29)23-4-3-5-24(25(23)31)30(32,33)34/h3-5,8,15-17,21,39H,6-7,9-14H2,1-2H3,(H,35,36,41). The molecule has 44 heavy (non-hydrogen) atoms. The summed E-state index contributed by atoms with van der Waals surface area (Å²) < 4.78 is 81.8. The number of sulfonamides is 1. The number of likely N-dealkylation sites (tertiary alicyclic amines) is 1. The molecule has 0 bridgehead atoms. The van der Waals surface area contributed by atoms with Gasteiger partial charge in [0.05, 0.1) is 17.2 Å². The van der Waals surface area contributed by atoms with Crippen molar-refractivity contribution in [1.82, 2.24) is 14.5 Å². The Hall–Kier alpha value is -3.62. The Bertz CT molecular complexity index is 1630. The van der Waals surface area contributed by atoms with Crippen molar-refractivity contribution in [3.63, 3.8) is 0 Å². The number of hydrogen-bond donors (Lipinski definition) is 2. The molecule has 2 aromatic rings. The number of benzene rings is 2. The summed E-state index contributed by atoms with van der Waals surface area (Å²) in [5.41, 5.74) is -0.848. The SMILES string of the molecule is Cc1cc(C(=O)N2CCC(O)CC2)cc(C)c1C=CS(=O)(=O)N1CCC2(CC1)N=C(c1cccc(C(F)(F)F)c1F)NC2=O. The largest absolute Gasteiger partial charge is 0.419 e. The molecule has 2 amide bonds. The molecule has 3 aliphatic rings. The van der Waals surface area contributed by atoms with Crippen molar-refractivity contribution in [2.45, 2.75) is 57.3 Å². The number of aliphatic hydroxyl groups excluding tert-OH is 1. The van der Waals surface area contributed by atoms with Crippen LogP contribution in [0.5, 0.6) is 0 Å². The first-order chi connectivity index (χ1) is 20.6. The highest BCUT2D eigenvalue weighted by Crippen LogP contribution is 2.36. The Morgan fingerprint density at radius 2 is 1.70 bits per heavy atom. The minimum atomic E-state index is -4.93. The highest BCUT2D eigenvalue weighted by atomic mass is 32.2. The predicted molar refractivity (Wildman–Crippen MR) is 155 cm³/mol. The molecule has 0 unspecified atom stereocenters. The van der Waals surface area contributed by atoms with E-state index in [0.29, 0.717) is 54.3 Å². The maximum Gasteiger partial charge on any atom is 0.419 e. The Labute approximate surface area is 252 Å². The van der Waals surface area contributed by atoms with E-state index in [0.717, 1.165) is 17.5 Å². The van der Waals surface area contributed by atoms with Crippen LogP contribution in [0.2, 0.25) is 0 Å². The van der Waals surface area contributed by atoms with Gasteiger partial charge in [-0.15, -0.1) is 0 Å². The first-order valence-electron chi connectivity index (χ1n) is 14.2. The molecule has 5 rings (SSSR count). The van der Waals surface area contributed by atoms with Gasteiger partial charge >= 0.3 is 6.18 Å². The number of hydrogen-bond acceptors (Lipinski definition) is 6. The lowest BCUT2D eigenvalue weighted by molar-refractivity contribution is -0.140. The van der Waals surface area contributed by atoms with Crippen LogP contribution in [0.4, 0.5) is 17.6 Å². The van der Waals surface area contributed by atoms with E-state index in [1.165, 1.54) is 10.4 Å². The Balaban J connectivity index is 1.28. The van der Waals surface area contributed by atoms with Crippen LogP contribution in [0.15, 0.2) is 40.7 Å². The van der Waals surface area contributed by atoms with Gasteiger partial charge in [0.25, 0.3) is 11.8 Å². The summed E-state index contributed by atoms with van der Waals surface area (Å²) in [4.78, 5) is 31.8. The van der Waals surface area contributed by atoms with Gasteiger partial charge in [-0.3, -0.25) is 14.6 Å². The number of amidine groups is 1. The summed E-state index contributed by atoms with van der Waals surface area (Å²) in [6.07, 6.45) is -2.92. The van der Waals surface area contributed by atoms with Gasteiger partial charge in [-0.25, -0.2) is 12.8 Å². The Morgan fingerprint density at radius 3 is 2.30 bits per heavy atom. The molecular formula is C30H32F4N4O5S. The highest BCUT2D eigenvalue weighted by Gasteiger charge is 2.48. The zero-order valence-electron chi connectivity index (χ0n) is 24.1. The number of aryl methyl sites for hydroxylation is 2. The van der Waals surface area contributed by atoms with Crippen molar-refractivity contribution in [2.75, 3.05) is 26.2 Å². The first-order valence-corrected chi connectivity index (χ1v) is 15.7. The van der Waals surface area contributed by atoms with Crippen molar-refractivity contribution in [3.05, 3.63) is 74.9 Å². The normalized spacial score (nSPS) is 19.9. The average molecular weight is 637 g/mol. The fourth-order valence-corrected chi connectivity index (χ4v) is 7.05. The minimum absolute atomic E-state index is 0.0433. The smallest absolute Gasteiger partial charge is 0.393 e. The van der Waals surface area contributed by atoms with Crippen LogP contribution >= 0.6 is 0 Å². The second kappa shape index (κ2) is 11.7. The molecule has 0 aromatic heterocycles. The van der Waals surface area contributed by atoms with Crippen LogP contribution in [-0.4, -0.2) is 78.2 Å². The van der Waals surface area contributed by atoms with E-state index in [1.54, 1.807) is 30.9 Å². The van der Waals surface area contributed by atoms with Crippen molar-refractivity contribution in [2.24, 2.45) is 4.99 Å². The monoisotopic (exact) mass is 636 g/mol. The molecular weight excluding hydrogens is 604 g/mol. The summed E-state index contributed by atoms with van der Waals surface area (Å²) in [7, 11) is -3.93. The van der Waals surface area contributed by atoms with Crippen LogP contribution in [0.25, 0.3) is 6.08 Å². The fraction of sp³-hybridized carbons (Fsp3) is 0.433. The third-order valence-corrected chi connectivity index (χ3v) is 10.0. The summed E-state index contributed by atoms with van der Waals surface area (Å²) >= 11 is 0. The third kappa shape index (κ3) is 6.15. The fourth-order valence-electron chi connectivity index (χ4n) is 5.88. The van der Waals surface area contributed by atoms with E-state index in [9.17, 15) is 40.7 Å². The van der Waals surface area contributed by atoms with E-state index < -0.39 is 50.7 Å². The van der Waals surface area contributed by atoms with Gasteiger partial charge in [-0.05, 0) is 86.6 Å². The zero-order valence-corrected chi connectivity index (χ0v) is 24.9. The molecule has 14 heteroatoms. The molecule has 0 aliphatic carbocycles. The molecule has 236 valence electrons. The van der Waals surface area contributed by atoms with E-state index in [4.69, 9.17) is 0 Å². The third-order valence-electron chi connectivity index (χ3n) is 8.45. The van der Waals surface area contributed by atoms with Crippen LogP contribution in [-0.2, 0) is 21.0 Å². The van der Waals surface area contributed by atoms with Crippen molar-refractivity contribution in [1.29, 1.82) is 0 Å². The number of amides is 2. The molecule has 2 saturated heterocycles. The van der Waals surface area contributed by atoms with E-state index in [-0.39, 0.29) is 37.7 Å². The van der Waals surface area contributed by atoms with Crippen molar-refractivity contribution >= 4 is 33.7 Å². The molecule has 9 nitrogen and oxygen atoms in total. The van der Waals surface area contributed by atoms with Crippen molar-refractivity contribution in [3.8, 4) is 0 Å². The molecule has 1 spiro atoms. The lowest BCUT2D eigenvalue weighted by Gasteiger charge is -2.34. The highest BCUT2D eigenvalue weighted by molar-refractivity contribution is 7.92. The number of halogens is 4. The van der Waals surface area contributed by atoms with Crippen molar-refractivity contribution < 1.29 is 40.7 Å². The van der Waals surface area contributed by atoms with Crippen LogP contribution in [0.3, 0.4) is 0 Å². The Morgan fingerprint density at radius 1 is 1.09 bits per heavy atom. The molecule has 2 N–H and O–H groups in total. The van der Waals surface area contributed by atoms with Gasteiger partial charge < -0.3 is 15.3 Å². The maximum atomic E-state index is 14.7. The lowest BCUT2D eigenvalue weighted by Crippen LogP contribution is -2.50. The van der Waals surface area contributed by atoms with Gasteiger partial charge in [0, 0.05) is 37.2 Å². The van der Waals surface area contributed by atoms with Gasteiger partial charge in [-0.1, -0.05) is 6.07 Å². The number of carbonyl (C=O) groups excluding carboxylic acids is 2. The van der Waals surface area contributed by atoms with E-state index in [1.807, 2.05) is 0 Å². The molecule has 0 atom stereocenters. The summed E-state index contributed by atoms with van der Waals surface area (Å²) in [5.74, 6) is -2.64. The topological polar surface area (TPSA) is 119 Å². The molecule has 2 aromatic carbocycles. The zero-order chi connectivity index (χ0) is 32.0. The van der Waals surface area contributed by atoms with E-state index in [2.05, 4.69) is 10.3 Å². The van der Waals surface area contributed by atoms with E-state index >= 15 is 0 Å². The summed E-state index contributed by atoms with van der Waals surface area (Å²) in [6.45, 7) is 4.32. The predicted octanol–water partition coefficient (Wildman–Crippen LogP) is 3.77. The summed E-state index contributed by atoms with van der Waals surface area (Å²) in [5, 5.41) is 13.2. The molecule has 2 fully saturated rings. The van der Waals surface area contributed by atoms with Crippen LogP contribution in [0, 0.1) is 19.7 Å². The number of alkyl halides is 3. The van der Waals surface area contributed by atoms with Gasteiger partial charge in [-0.2, -0.15) is 17.5 Å². The number of piperidine rings is 2. The van der Waals surface area contributed by atoms with Crippen LogP contribution in [0.1, 0.15) is 63.9 Å². The number of aliphatic imine (C=N–C) groups is 1. The van der Waals surface area contributed by atoms with Gasteiger partial charge in [0.15, 0.2) is 0 Å². The Kier molecular flexibility index (Phi) is 8.46. The molecule has 3 heterocycles. The number of nitrogens with zero attached hydrogens (tertiary/aromatic N) is 3. The second-order valence-electron chi connectivity index (χ2n) is 11.4. The maximum absolute atomic E-state index is 14.7.